The molecular weight excluding hydrogens is 448 g/mol. The first-order valence-corrected chi connectivity index (χ1v) is 11.7. The van der Waals surface area contributed by atoms with Crippen LogP contribution in [0.3, 0.4) is 0 Å². The summed E-state index contributed by atoms with van der Waals surface area (Å²) in [6, 6.07) is 18.5. The van der Waals surface area contributed by atoms with Gasteiger partial charge in [-0.2, -0.15) is 0 Å². The van der Waals surface area contributed by atoms with Gasteiger partial charge in [0.1, 0.15) is 17.4 Å². The van der Waals surface area contributed by atoms with Crippen LogP contribution in [-0.2, 0) is 10.0 Å². The number of fused-ring (bicyclic) bond motifs is 2. The maximum absolute atomic E-state index is 13.7. The molecule has 0 radical (unpaired) electrons. The summed E-state index contributed by atoms with van der Waals surface area (Å²) in [5, 5.41) is 4.04. The van der Waals surface area contributed by atoms with Crippen molar-refractivity contribution in [3.63, 3.8) is 0 Å². The summed E-state index contributed by atoms with van der Waals surface area (Å²) in [7, 11) is -4.29. The number of rotatable bonds is 5. The lowest BCUT2D eigenvalue weighted by atomic mass is 10.0. The summed E-state index contributed by atoms with van der Waals surface area (Å²) in [4.78, 5) is 4.11. The summed E-state index contributed by atoms with van der Waals surface area (Å²) in [5.74, 6) is -0.913. The van der Waals surface area contributed by atoms with Crippen LogP contribution in [0.2, 0.25) is 0 Å². The summed E-state index contributed by atoms with van der Waals surface area (Å²) in [6.07, 6.45) is 0.646. The first kappa shape index (κ1) is 21.1. The van der Waals surface area contributed by atoms with Gasteiger partial charge in [-0.3, -0.25) is 4.72 Å². The highest BCUT2D eigenvalue weighted by Crippen LogP contribution is 2.36. The van der Waals surface area contributed by atoms with Crippen molar-refractivity contribution in [1.29, 1.82) is 0 Å². The second-order valence-electron chi connectivity index (χ2n) is 7.66. The van der Waals surface area contributed by atoms with Crippen molar-refractivity contribution in [2.45, 2.75) is 17.4 Å². The van der Waals surface area contributed by atoms with E-state index in [4.69, 9.17) is 4.74 Å². The molecule has 6 nitrogen and oxygen atoms in total. The van der Waals surface area contributed by atoms with E-state index in [2.05, 4.69) is 15.0 Å². The minimum absolute atomic E-state index is 0.168. The Labute approximate surface area is 189 Å². The second-order valence-corrected chi connectivity index (χ2v) is 9.34. The standard InChI is InChI=1S/C24H19F2N3O3S/c25-16-12-17(26)14-18(13-16)33(30,31)29-22-11-15-5-1-3-7-20(15)27-24(22)28-21-9-10-32-23-8-4-2-6-19(21)23/h1-8,11-14,21,29H,9-10H2,(H,27,28). The van der Waals surface area contributed by atoms with Gasteiger partial charge in [-0.05, 0) is 30.3 Å². The number of para-hydroxylation sites is 2. The smallest absolute Gasteiger partial charge is 0.262 e. The topological polar surface area (TPSA) is 80.3 Å². The summed E-state index contributed by atoms with van der Waals surface area (Å²) in [5.41, 5.74) is 1.77. The first-order valence-electron chi connectivity index (χ1n) is 10.3. The summed E-state index contributed by atoms with van der Waals surface area (Å²) >= 11 is 0. The Morgan fingerprint density at radius 2 is 1.67 bits per heavy atom. The van der Waals surface area contributed by atoms with Gasteiger partial charge in [0.2, 0.25) is 0 Å². The number of anilines is 2. The van der Waals surface area contributed by atoms with Gasteiger partial charge in [0.15, 0.2) is 5.82 Å². The van der Waals surface area contributed by atoms with E-state index in [1.807, 2.05) is 42.5 Å². The van der Waals surface area contributed by atoms with Crippen molar-refractivity contribution in [3.8, 4) is 5.75 Å². The molecule has 0 amide bonds. The molecule has 1 unspecified atom stereocenters. The van der Waals surface area contributed by atoms with Gasteiger partial charge in [0.05, 0.1) is 28.7 Å². The molecule has 3 aromatic carbocycles. The van der Waals surface area contributed by atoms with E-state index < -0.39 is 26.6 Å². The third-order valence-corrected chi connectivity index (χ3v) is 6.73. The number of benzene rings is 3. The minimum atomic E-state index is -4.29. The zero-order chi connectivity index (χ0) is 23.0. The van der Waals surface area contributed by atoms with E-state index in [-0.39, 0.29) is 11.7 Å². The van der Waals surface area contributed by atoms with Crippen molar-refractivity contribution < 1.29 is 21.9 Å². The average molecular weight is 467 g/mol. The monoisotopic (exact) mass is 467 g/mol. The van der Waals surface area contributed by atoms with E-state index in [9.17, 15) is 17.2 Å². The summed E-state index contributed by atoms with van der Waals surface area (Å²) in [6.45, 7) is 0.492. The zero-order valence-corrected chi connectivity index (χ0v) is 18.1. The van der Waals surface area contributed by atoms with Crippen molar-refractivity contribution in [2.24, 2.45) is 0 Å². The van der Waals surface area contributed by atoms with Gasteiger partial charge in [-0.25, -0.2) is 22.2 Å². The number of pyridine rings is 1. The van der Waals surface area contributed by atoms with Crippen LogP contribution in [0.15, 0.2) is 77.7 Å². The Kier molecular flexibility index (Phi) is 5.33. The molecule has 0 saturated carbocycles. The highest BCUT2D eigenvalue weighted by molar-refractivity contribution is 7.92. The molecule has 0 fully saturated rings. The van der Waals surface area contributed by atoms with Crippen LogP contribution in [0.1, 0.15) is 18.0 Å². The normalized spacial score (nSPS) is 15.5. The van der Waals surface area contributed by atoms with E-state index in [1.54, 1.807) is 12.1 Å². The molecule has 2 N–H and O–H groups in total. The predicted octanol–water partition coefficient (Wildman–Crippen LogP) is 5.25. The fourth-order valence-electron chi connectivity index (χ4n) is 3.85. The number of nitrogens with zero attached hydrogens (tertiary/aromatic N) is 1. The Bertz CT molecular complexity index is 1440. The largest absolute Gasteiger partial charge is 0.493 e. The van der Waals surface area contributed by atoms with E-state index in [1.165, 1.54) is 0 Å². The fourth-order valence-corrected chi connectivity index (χ4v) is 4.95. The number of aromatic nitrogens is 1. The zero-order valence-electron chi connectivity index (χ0n) is 17.3. The average Bonchev–Trinajstić information content (AvgIpc) is 2.79. The van der Waals surface area contributed by atoms with Crippen LogP contribution in [0.5, 0.6) is 5.75 Å². The molecule has 9 heteroatoms. The summed E-state index contributed by atoms with van der Waals surface area (Å²) < 4.78 is 61.4. The molecule has 33 heavy (non-hydrogen) atoms. The van der Waals surface area contributed by atoms with Crippen molar-refractivity contribution in [2.75, 3.05) is 16.6 Å². The van der Waals surface area contributed by atoms with E-state index in [0.29, 0.717) is 35.8 Å². The SMILES string of the molecule is O=S(=O)(Nc1cc2ccccc2nc1NC1CCOc2ccccc21)c1cc(F)cc(F)c1. The van der Waals surface area contributed by atoms with E-state index in [0.717, 1.165) is 23.4 Å². The highest BCUT2D eigenvalue weighted by Gasteiger charge is 2.24. The molecule has 0 spiro atoms. The molecule has 1 aliphatic rings. The quantitative estimate of drug-likeness (QED) is 0.419. The van der Waals surface area contributed by atoms with E-state index >= 15 is 0 Å². The molecule has 0 aliphatic carbocycles. The molecular formula is C24H19F2N3O3S. The molecule has 2 heterocycles. The second kappa shape index (κ2) is 8.32. The van der Waals surface area contributed by atoms with Crippen LogP contribution in [0.4, 0.5) is 20.3 Å². The van der Waals surface area contributed by atoms with Crippen molar-refractivity contribution in [3.05, 3.63) is 90.0 Å². The van der Waals surface area contributed by atoms with Gasteiger partial charge in [0, 0.05) is 23.4 Å². The molecule has 1 aliphatic heterocycles. The number of halogens is 2. The minimum Gasteiger partial charge on any atom is -0.493 e. The fraction of sp³-hybridized carbons (Fsp3) is 0.125. The van der Waals surface area contributed by atoms with Crippen LogP contribution >= 0.6 is 0 Å². The predicted molar refractivity (Wildman–Crippen MR) is 122 cm³/mol. The Morgan fingerprint density at radius 3 is 2.48 bits per heavy atom. The number of sulfonamides is 1. The van der Waals surface area contributed by atoms with Crippen LogP contribution < -0.4 is 14.8 Å². The molecule has 168 valence electrons. The molecule has 5 rings (SSSR count). The third kappa shape index (κ3) is 4.31. The highest BCUT2D eigenvalue weighted by atomic mass is 32.2. The Morgan fingerprint density at radius 1 is 0.939 bits per heavy atom. The van der Waals surface area contributed by atoms with Gasteiger partial charge < -0.3 is 10.1 Å². The maximum atomic E-state index is 13.7. The number of ether oxygens (including phenoxy) is 1. The maximum Gasteiger partial charge on any atom is 0.262 e. The van der Waals surface area contributed by atoms with Crippen molar-refractivity contribution in [1.82, 2.24) is 4.98 Å². The Balaban J connectivity index is 1.57. The van der Waals surface area contributed by atoms with Crippen molar-refractivity contribution >= 4 is 32.4 Å². The number of hydrogen-bond donors (Lipinski definition) is 2. The molecule has 1 atom stereocenters. The van der Waals surface area contributed by atoms with Gasteiger partial charge in [-0.15, -0.1) is 0 Å². The third-order valence-electron chi connectivity index (χ3n) is 5.38. The van der Waals surface area contributed by atoms with Gasteiger partial charge in [-0.1, -0.05) is 36.4 Å². The molecule has 4 aromatic rings. The van der Waals surface area contributed by atoms with Gasteiger partial charge in [0.25, 0.3) is 10.0 Å². The van der Waals surface area contributed by atoms with Crippen LogP contribution in [-0.4, -0.2) is 20.0 Å². The first-order chi connectivity index (χ1) is 15.9. The number of nitrogens with one attached hydrogen (secondary N) is 2. The number of hydrogen-bond acceptors (Lipinski definition) is 5. The lowest BCUT2D eigenvalue weighted by Gasteiger charge is -2.28. The molecule has 0 bridgehead atoms. The Hall–Kier alpha value is -3.72. The van der Waals surface area contributed by atoms with Crippen LogP contribution in [0.25, 0.3) is 10.9 Å². The van der Waals surface area contributed by atoms with Crippen LogP contribution in [0, 0.1) is 11.6 Å². The molecule has 0 saturated heterocycles. The molecule has 1 aromatic heterocycles. The lowest BCUT2D eigenvalue weighted by Crippen LogP contribution is -2.22. The lowest BCUT2D eigenvalue weighted by molar-refractivity contribution is 0.274. The van der Waals surface area contributed by atoms with Gasteiger partial charge >= 0.3 is 0 Å².